The lowest BCUT2D eigenvalue weighted by molar-refractivity contribution is 0.434. The maximum absolute atomic E-state index is 4.35. The van der Waals surface area contributed by atoms with Crippen LogP contribution in [0.5, 0.6) is 0 Å². The minimum Gasteiger partial charge on any atom is -0.317 e. The van der Waals surface area contributed by atoms with Crippen molar-refractivity contribution < 1.29 is 0 Å². The molecule has 0 radical (unpaired) electrons. The van der Waals surface area contributed by atoms with Crippen molar-refractivity contribution in [1.82, 2.24) is 30.0 Å². The molecule has 2 aromatic rings. The van der Waals surface area contributed by atoms with E-state index in [4.69, 9.17) is 0 Å². The Labute approximate surface area is 116 Å². The normalized spacial score (nSPS) is 16.7. The first kappa shape index (κ1) is 12.6. The number of rotatable bonds is 3. The predicted octanol–water partition coefficient (Wildman–Crippen LogP) is 1.22. The Morgan fingerprint density at radius 1 is 1.26 bits per heavy atom. The van der Waals surface area contributed by atoms with Crippen molar-refractivity contribution in [2.45, 2.75) is 28.9 Å². The number of hydrogen-bond donors (Lipinski definition) is 1. The van der Waals surface area contributed by atoms with Gasteiger partial charge in [-0.05, 0) is 37.7 Å². The van der Waals surface area contributed by atoms with Crippen LogP contribution in [0.15, 0.2) is 28.8 Å². The van der Waals surface area contributed by atoms with Gasteiger partial charge in [-0.2, -0.15) is 0 Å². The fourth-order valence-corrected chi connectivity index (χ4v) is 3.01. The Hall–Kier alpha value is -1.47. The van der Waals surface area contributed by atoms with Gasteiger partial charge >= 0.3 is 0 Å². The third-order valence-corrected chi connectivity index (χ3v) is 4.27. The second-order valence-electron chi connectivity index (χ2n) is 4.57. The average molecular weight is 276 g/mol. The maximum Gasteiger partial charge on any atom is 0.197 e. The first-order valence-electron chi connectivity index (χ1n) is 6.38. The summed E-state index contributed by atoms with van der Waals surface area (Å²) in [5, 5.41) is 13.7. The smallest absolute Gasteiger partial charge is 0.197 e. The van der Waals surface area contributed by atoms with Crippen molar-refractivity contribution in [2.75, 3.05) is 13.1 Å². The molecule has 0 bridgehead atoms. The molecule has 0 spiro atoms. The highest BCUT2D eigenvalue weighted by Crippen LogP contribution is 2.28. The van der Waals surface area contributed by atoms with Crippen LogP contribution >= 0.6 is 11.8 Å². The summed E-state index contributed by atoms with van der Waals surface area (Å²) in [4.78, 5) is 8.30. The van der Waals surface area contributed by atoms with Gasteiger partial charge in [-0.1, -0.05) is 0 Å². The predicted molar refractivity (Wildman–Crippen MR) is 72.0 cm³/mol. The summed E-state index contributed by atoms with van der Waals surface area (Å²) in [6, 6.07) is 0. The summed E-state index contributed by atoms with van der Waals surface area (Å²) < 4.78 is 2.08. The van der Waals surface area contributed by atoms with Crippen molar-refractivity contribution in [1.29, 1.82) is 0 Å². The van der Waals surface area contributed by atoms with Gasteiger partial charge in [-0.3, -0.25) is 4.98 Å². The highest BCUT2D eigenvalue weighted by molar-refractivity contribution is 7.99. The fraction of sp³-hybridized carbons (Fsp3) is 0.500. The monoisotopic (exact) mass is 276 g/mol. The molecule has 3 rings (SSSR count). The summed E-state index contributed by atoms with van der Waals surface area (Å²) in [6.45, 7) is 2.12. The van der Waals surface area contributed by atoms with Crippen LogP contribution in [0, 0.1) is 0 Å². The third-order valence-electron chi connectivity index (χ3n) is 3.31. The van der Waals surface area contributed by atoms with E-state index in [9.17, 15) is 0 Å². The lowest BCUT2D eigenvalue weighted by Gasteiger charge is -2.21. The van der Waals surface area contributed by atoms with Crippen LogP contribution in [0.25, 0.3) is 0 Å². The fourth-order valence-electron chi connectivity index (χ4n) is 2.28. The molecule has 100 valence electrons. The lowest BCUT2D eigenvalue weighted by Crippen LogP contribution is -2.27. The van der Waals surface area contributed by atoms with Crippen LogP contribution in [0.4, 0.5) is 0 Å². The quantitative estimate of drug-likeness (QED) is 0.909. The average Bonchev–Trinajstić information content (AvgIpc) is 2.82. The second kappa shape index (κ2) is 5.66. The second-order valence-corrected chi connectivity index (χ2v) is 5.56. The van der Waals surface area contributed by atoms with Crippen molar-refractivity contribution in [3.8, 4) is 0 Å². The highest BCUT2D eigenvalue weighted by atomic mass is 32.2. The van der Waals surface area contributed by atoms with E-state index < -0.39 is 0 Å². The molecule has 7 heteroatoms. The van der Waals surface area contributed by atoms with Crippen LogP contribution in [0.1, 0.15) is 24.6 Å². The molecular formula is C12H16N6S. The van der Waals surface area contributed by atoms with Gasteiger partial charge in [0.25, 0.3) is 0 Å². The first-order valence-corrected chi connectivity index (χ1v) is 7.20. The van der Waals surface area contributed by atoms with E-state index in [-0.39, 0.29) is 0 Å². The molecule has 0 saturated carbocycles. The number of nitrogens with one attached hydrogen (secondary N) is 1. The Morgan fingerprint density at radius 2 is 2.11 bits per heavy atom. The molecule has 0 atom stereocenters. The Kier molecular flexibility index (Phi) is 3.74. The molecule has 0 aliphatic carbocycles. The molecule has 1 aliphatic heterocycles. The van der Waals surface area contributed by atoms with Crippen molar-refractivity contribution in [3.63, 3.8) is 0 Å². The van der Waals surface area contributed by atoms with E-state index in [0.29, 0.717) is 5.92 Å². The number of nitrogens with zero attached hydrogens (tertiary/aromatic N) is 5. The summed E-state index contributed by atoms with van der Waals surface area (Å²) in [5.74, 6) is 1.59. The Bertz CT molecular complexity index is 534. The van der Waals surface area contributed by atoms with Crippen LogP contribution in [-0.4, -0.2) is 37.8 Å². The minimum absolute atomic E-state index is 0.509. The standard InChI is InChI=1S/C12H16N6S/c1-18-11(9-2-4-13-5-3-9)16-17-12(18)19-10-8-14-6-7-15-10/h6-9,13H,2-5H2,1H3. The molecule has 0 unspecified atom stereocenters. The van der Waals surface area contributed by atoms with Gasteiger partial charge in [0.15, 0.2) is 5.16 Å². The molecular weight excluding hydrogens is 260 g/mol. The molecule has 1 aliphatic rings. The molecule has 3 heterocycles. The Morgan fingerprint density at radius 3 is 2.84 bits per heavy atom. The van der Waals surface area contributed by atoms with E-state index in [2.05, 4.69) is 30.0 Å². The lowest BCUT2D eigenvalue weighted by atomic mass is 9.97. The zero-order valence-corrected chi connectivity index (χ0v) is 11.6. The van der Waals surface area contributed by atoms with E-state index >= 15 is 0 Å². The number of aromatic nitrogens is 5. The zero-order chi connectivity index (χ0) is 13.1. The molecule has 0 amide bonds. The molecule has 6 nitrogen and oxygen atoms in total. The molecule has 1 N–H and O–H groups in total. The molecule has 19 heavy (non-hydrogen) atoms. The SMILES string of the molecule is Cn1c(Sc2cnccn2)nnc1C1CCNCC1. The summed E-state index contributed by atoms with van der Waals surface area (Å²) >= 11 is 1.50. The number of hydrogen-bond acceptors (Lipinski definition) is 6. The van der Waals surface area contributed by atoms with Gasteiger partial charge < -0.3 is 9.88 Å². The van der Waals surface area contributed by atoms with Crippen molar-refractivity contribution in [2.24, 2.45) is 7.05 Å². The zero-order valence-electron chi connectivity index (χ0n) is 10.8. The minimum atomic E-state index is 0.509. The third kappa shape index (κ3) is 2.76. The van der Waals surface area contributed by atoms with Crippen LogP contribution in [0.3, 0.4) is 0 Å². The Balaban J connectivity index is 1.78. The van der Waals surface area contributed by atoms with E-state index in [1.807, 2.05) is 7.05 Å². The number of piperidine rings is 1. The van der Waals surface area contributed by atoms with E-state index in [1.165, 1.54) is 11.8 Å². The first-order chi connectivity index (χ1) is 9.34. The molecule has 1 saturated heterocycles. The highest BCUT2D eigenvalue weighted by Gasteiger charge is 2.21. The van der Waals surface area contributed by atoms with Gasteiger partial charge in [0.1, 0.15) is 10.9 Å². The van der Waals surface area contributed by atoms with Gasteiger partial charge in [0, 0.05) is 25.4 Å². The topological polar surface area (TPSA) is 68.5 Å². The van der Waals surface area contributed by atoms with Crippen LogP contribution in [-0.2, 0) is 7.05 Å². The van der Waals surface area contributed by atoms with Gasteiger partial charge in [0.05, 0.1) is 6.20 Å². The van der Waals surface area contributed by atoms with Crippen LogP contribution < -0.4 is 5.32 Å². The van der Waals surface area contributed by atoms with Gasteiger partial charge in [0.2, 0.25) is 0 Å². The largest absolute Gasteiger partial charge is 0.317 e. The van der Waals surface area contributed by atoms with Gasteiger partial charge in [-0.25, -0.2) is 4.98 Å². The summed E-state index contributed by atoms with van der Waals surface area (Å²) in [5.41, 5.74) is 0. The van der Waals surface area contributed by atoms with E-state index in [0.717, 1.165) is 41.9 Å². The van der Waals surface area contributed by atoms with Gasteiger partial charge in [-0.15, -0.1) is 10.2 Å². The van der Waals surface area contributed by atoms with Crippen molar-refractivity contribution >= 4 is 11.8 Å². The van der Waals surface area contributed by atoms with E-state index in [1.54, 1.807) is 18.6 Å². The molecule has 0 aromatic carbocycles. The molecule has 1 fully saturated rings. The summed E-state index contributed by atoms with van der Waals surface area (Å²) in [7, 11) is 2.02. The maximum atomic E-state index is 4.35. The van der Waals surface area contributed by atoms with Crippen LogP contribution in [0.2, 0.25) is 0 Å². The molecule has 2 aromatic heterocycles. The van der Waals surface area contributed by atoms with Crippen molar-refractivity contribution in [3.05, 3.63) is 24.4 Å². The summed E-state index contributed by atoms with van der Waals surface area (Å²) in [6.07, 6.45) is 7.35.